The van der Waals surface area contributed by atoms with Crippen LogP contribution in [0.15, 0.2) is 17.1 Å². The summed E-state index contributed by atoms with van der Waals surface area (Å²) in [6, 6.07) is 4.01. The van der Waals surface area contributed by atoms with Gasteiger partial charge in [0.05, 0.1) is 11.8 Å². The van der Waals surface area contributed by atoms with Gasteiger partial charge in [-0.3, -0.25) is 4.79 Å². The lowest BCUT2D eigenvalue weighted by Crippen LogP contribution is -2.41. The van der Waals surface area contributed by atoms with Crippen molar-refractivity contribution in [2.24, 2.45) is 4.99 Å². The van der Waals surface area contributed by atoms with Gasteiger partial charge in [-0.1, -0.05) is 17.7 Å². The fourth-order valence-electron chi connectivity index (χ4n) is 3.72. The summed E-state index contributed by atoms with van der Waals surface area (Å²) in [5.74, 6) is 0.00653. The minimum Gasteiger partial charge on any atom is -0.444 e. The lowest BCUT2D eigenvalue weighted by molar-refractivity contribution is -0.122. The van der Waals surface area contributed by atoms with E-state index in [1.807, 2.05) is 67.8 Å². The number of carbonyl (C=O) groups excluding carboxylic acids is 2. The quantitative estimate of drug-likeness (QED) is 0.470. The number of aliphatic imine (C=N–C) groups is 1. The highest BCUT2D eigenvalue weighted by molar-refractivity contribution is 6.31. The first kappa shape index (κ1) is 25.2. The average molecular weight is 450 g/mol. The Hall–Kier alpha value is -2.08. The van der Waals surface area contributed by atoms with Crippen LogP contribution in [0.4, 0.5) is 4.79 Å². The number of piperidine rings is 1. The van der Waals surface area contributed by atoms with Crippen LogP contribution in [-0.2, 0) is 14.9 Å². The Morgan fingerprint density at radius 2 is 1.74 bits per heavy atom. The molecular weight excluding hydrogens is 414 g/mol. The monoisotopic (exact) mass is 449 g/mol. The van der Waals surface area contributed by atoms with Crippen LogP contribution in [0, 0.1) is 6.92 Å². The first-order valence-electron chi connectivity index (χ1n) is 10.8. The molecule has 1 aliphatic heterocycles. The van der Waals surface area contributed by atoms with Crippen LogP contribution in [0.5, 0.6) is 0 Å². The highest BCUT2D eigenvalue weighted by atomic mass is 35.5. The summed E-state index contributed by atoms with van der Waals surface area (Å²) in [6.07, 6.45) is 2.83. The van der Waals surface area contributed by atoms with Crippen molar-refractivity contribution in [3.05, 3.63) is 33.8 Å². The summed E-state index contributed by atoms with van der Waals surface area (Å²) >= 11 is 6.48. The second-order valence-corrected chi connectivity index (χ2v) is 10.5. The van der Waals surface area contributed by atoms with E-state index >= 15 is 0 Å². The summed E-state index contributed by atoms with van der Waals surface area (Å²) in [6.45, 7) is 12.6. The standard InChI is InChI=1S/C24H36ClN3O3/c1-16-13-19(24(5,6)21(29)26-15-27(7)8)18(14-20(16)25)17-9-11-28(12-10-17)22(30)31-23(2,3)4/h13-15,17H,9-12H2,1-8H3/b26-15+. The Morgan fingerprint density at radius 3 is 2.26 bits per heavy atom. The Kier molecular flexibility index (Phi) is 7.79. The Balaban J connectivity index is 2.29. The van der Waals surface area contributed by atoms with Crippen molar-refractivity contribution in [1.29, 1.82) is 0 Å². The molecule has 1 heterocycles. The summed E-state index contributed by atoms with van der Waals surface area (Å²) in [4.78, 5) is 33.0. The Morgan fingerprint density at radius 1 is 1.16 bits per heavy atom. The van der Waals surface area contributed by atoms with Crippen molar-refractivity contribution in [2.45, 2.75) is 71.3 Å². The van der Waals surface area contributed by atoms with Crippen LogP contribution in [0.25, 0.3) is 0 Å². The zero-order valence-electron chi connectivity index (χ0n) is 20.1. The molecule has 1 saturated heterocycles. The zero-order chi connectivity index (χ0) is 23.6. The second kappa shape index (κ2) is 9.60. The van der Waals surface area contributed by atoms with Crippen molar-refractivity contribution in [1.82, 2.24) is 9.80 Å². The molecule has 31 heavy (non-hydrogen) atoms. The molecule has 0 aliphatic carbocycles. The van der Waals surface area contributed by atoms with Crippen molar-refractivity contribution in [3.63, 3.8) is 0 Å². The summed E-state index contributed by atoms with van der Waals surface area (Å²) < 4.78 is 5.51. The molecule has 1 aromatic carbocycles. The number of aryl methyl sites for hydroxylation is 1. The number of benzene rings is 1. The second-order valence-electron chi connectivity index (χ2n) is 10.1. The van der Waals surface area contributed by atoms with Gasteiger partial charge in [0.25, 0.3) is 5.91 Å². The van der Waals surface area contributed by atoms with Crippen molar-refractivity contribution < 1.29 is 14.3 Å². The van der Waals surface area contributed by atoms with Crippen molar-refractivity contribution >= 4 is 29.9 Å². The molecule has 172 valence electrons. The van der Waals surface area contributed by atoms with Gasteiger partial charge in [0, 0.05) is 32.2 Å². The van der Waals surface area contributed by atoms with Gasteiger partial charge in [-0.2, -0.15) is 0 Å². The highest BCUT2D eigenvalue weighted by Gasteiger charge is 2.36. The summed E-state index contributed by atoms with van der Waals surface area (Å²) in [5.41, 5.74) is 1.65. The van der Waals surface area contributed by atoms with E-state index in [9.17, 15) is 9.59 Å². The first-order chi connectivity index (χ1) is 14.2. The molecule has 1 aromatic rings. The summed E-state index contributed by atoms with van der Waals surface area (Å²) in [5, 5.41) is 0.688. The Bertz CT molecular complexity index is 848. The molecule has 7 heteroatoms. The third-order valence-electron chi connectivity index (χ3n) is 5.53. The largest absolute Gasteiger partial charge is 0.444 e. The zero-order valence-corrected chi connectivity index (χ0v) is 20.8. The fraction of sp³-hybridized carbons (Fsp3) is 0.625. The van der Waals surface area contributed by atoms with E-state index in [4.69, 9.17) is 16.3 Å². The molecule has 0 aromatic heterocycles. The lowest BCUT2D eigenvalue weighted by Gasteiger charge is -2.36. The third kappa shape index (κ3) is 6.45. The van der Waals surface area contributed by atoms with Crippen molar-refractivity contribution in [3.8, 4) is 0 Å². The van der Waals surface area contributed by atoms with E-state index in [1.165, 1.54) is 6.34 Å². The number of halogens is 1. The van der Waals surface area contributed by atoms with Gasteiger partial charge < -0.3 is 14.5 Å². The molecule has 1 fully saturated rings. The summed E-state index contributed by atoms with van der Waals surface area (Å²) in [7, 11) is 3.67. The van der Waals surface area contributed by atoms with Gasteiger partial charge in [-0.25, -0.2) is 9.79 Å². The van der Waals surface area contributed by atoms with Gasteiger partial charge >= 0.3 is 6.09 Å². The maximum Gasteiger partial charge on any atom is 0.410 e. The fourth-order valence-corrected chi connectivity index (χ4v) is 3.89. The number of nitrogens with zero attached hydrogens (tertiary/aromatic N) is 3. The van der Waals surface area contributed by atoms with E-state index in [0.717, 1.165) is 29.5 Å². The minimum absolute atomic E-state index is 0.199. The number of rotatable bonds is 4. The third-order valence-corrected chi connectivity index (χ3v) is 5.94. The maximum absolute atomic E-state index is 12.9. The molecule has 2 amide bonds. The molecule has 0 unspecified atom stereocenters. The van der Waals surface area contributed by atoms with Gasteiger partial charge in [0.2, 0.25) is 0 Å². The normalized spacial score (nSPS) is 16.0. The molecular formula is C24H36ClN3O3. The topological polar surface area (TPSA) is 62.2 Å². The lowest BCUT2D eigenvalue weighted by atomic mass is 9.75. The molecule has 0 bridgehead atoms. The molecule has 0 atom stereocenters. The van der Waals surface area contributed by atoms with Crippen molar-refractivity contribution in [2.75, 3.05) is 27.2 Å². The smallest absolute Gasteiger partial charge is 0.410 e. The highest BCUT2D eigenvalue weighted by Crippen LogP contribution is 2.39. The predicted molar refractivity (Wildman–Crippen MR) is 126 cm³/mol. The van der Waals surface area contributed by atoms with Crippen LogP contribution < -0.4 is 0 Å². The van der Waals surface area contributed by atoms with Gasteiger partial charge in [-0.05, 0) is 83.1 Å². The first-order valence-corrected chi connectivity index (χ1v) is 11.1. The van der Waals surface area contributed by atoms with E-state index in [2.05, 4.69) is 4.99 Å². The maximum atomic E-state index is 12.9. The van der Waals surface area contributed by atoms with Gasteiger partial charge in [0.1, 0.15) is 5.60 Å². The number of ether oxygens (including phenoxy) is 1. The number of likely N-dealkylation sites (tertiary alicyclic amines) is 1. The number of amides is 2. The molecule has 0 N–H and O–H groups in total. The number of hydrogen-bond donors (Lipinski definition) is 0. The number of hydrogen-bond acceptors (Lipinski definition) is 3. The van der Waals surface area contributed by atoms with E-state index in [1.54, 1.807) is 9.80 Å². The molecule has 1 aliphatic rings. The van der Waals surface area contributed by atoms with Crippen LogP contribution in [0.2, 0.25) is 5.02 Å². The van der Waals surface area contributed by atoms with Gasteiger partial charge in [-0.15, -0.1) is 0 Å². The average Bonchev–Trinajstić information content (AvgIpc) is 2.66. The van der Waals surface area contributed by atoms with Crippen LogP contribution in [0.1, 0.15) is 70.1 Å². The molecule has 0 radical (unpaired) electrons. The van der Waals surface area contributed by atoms with Gasteiger partial charge in [0.15, 0.2) is 0 Å². The SMILES string of the molecule is Cc1cc(C(C)(C)C(=O)/N=C/N(C)C)c(C2CCN(C(=O)OC(C)(C)C)CC2)cc1Cl. The Labute approximate surface area is 191 Å². The van der Waals surface area contributed by atoms with E-state index < -0.39 is 11.0 Å². The van der Waals surface area contributed by atoms with Crippen LogP contribution in [-0.4, -0.2) is 60.9 Å². The molecule has 0 spiro atoms. The van der Waals surface area contributed by atoms with Crippen LogP contribution >= 0.6 is 11.6 Å². The number of carbonyl (C=O) groups is 2. The minimum atomic E-state index is -0.792. The molecule has 0 saturated carbocycles. The van der Waals surface area contributed by atoms with Crippen LogP contribution in [0.3, 0.4) is 0 Å². The predicted octanol–water partition coefficient (Wildman–Crippen LogP) is 5.16. The molecule has 6 nitrogen and oxygen atoms in total. The molecule has 2 rings (SSSR count). The van der Waals surface area contributed by atoms with E-state index in [0.29, 0.717) is 18.1 Å². The van der Waals surface area contributed by atoms with E-state index in [-0.39, 0.29) is 17.9 Å².